The number of aliphatic hydroxyl groups is 1. The number of para-hydroxylation sites is 2. The molecular formula is C18H24N2O2. The third-order valence-corrected chi connectivity index (χ3v) is 5.46. The van der Waals surface area contributed by atoms with Crippen molar-refractivity contribution < 1.29 is 9.84 Å². The van der Waals surface area contributed by atoms with E-state index in [4.69, 9.17) is 4.74 Å². The van der Waals surface area contributed by atoms with E-state index in [9.17, 15) is 5.11 Å². The first-order valence-corrected chi connectivity index (χ1v) is 8.45. The molecule has 0 spiro atoms. The molecule has 2 aliphatic rings. The molecule has 0 amide bonds. The Balaban J connectivity index is 1.27. The van der Waals surface area contributed by atoms with Crippen LogP contribution in [0.3, 0.4) is 0 Å². The number of nitrogens with zero attached hydrogens (tertiary/aromatic N) is 2. The number of rotatable bonds is 6. The molecule has 1 aromatic heterocycles. The van der Waals surface area contributed by atoms with Crippen molar-refractivity contribution in [3.63, 3.8) is 0 Å². The molecule has 2 bridgehead atoms. The van der Waals surface area contributed by atoms with Crippen LogP contribution in [0.25, 0.3) is 11.0 Å². The topological polar surface area (TPSA) is 47.3 Å². The Kier molecular flexibility index (Phi) is 3.89. The summed E-state index contributed by atoms with van der Waals surface area (Å²) in [4.78, 5) is 4.35. The number of aliphatic hydroxyl groups excluding tert-OH is 1. The van der Waals surface area contributed by atoms with Gasteiger partial charge in [-0.1, -0.05) is 18.6 Å². The summed E-state index contributed by atoms with van der Waals surface area (Å²) >= 11 is 0. The number of aromatic nitrogens is 2. The van der Waals surface area contributed by atoms with Gasteiger partial charge in [-0.25, -0.2) is 4.98 Å². The van der Waals surface area contributed by atoms with Gasteiger partial charge in [0.25, 0.3) is 0 Å². The molecule has 4 rings (SSSR count). The van der Waals surface area contributed by atoms with Crippen LogP contribution in [0.5, 0.6) is 0 Å². The lowest BCUT2D eigenvalue weighted by molar-refractivity contribution is 0.00622. The van der Waals surface area contributed by atoms with Crippen LogP contribution < -0.4 is 0 Å². The van der Waals surface area contributed by atoms with Gasteiger partial charge in [-0.2, -0.15) is 0 Å². The molecule has 1 aromatic carbocycles. The predicted molar refractivity (Wildman–Crippen MR) is 85.5 cm³/mol. The fraction of sp³-hybridized carbons (Fsp3) is 0.611. The van der Waals surface area contributed by atoms with Crippen molar-refractivity contribution in [2.75, 3.05) is 13.2 Å². The van der Waals surface area contributed by atoms with Crippen LogP contribution in [0.1, 0.15) is 25.7 Å². The van der Waals surface area contributed by atoms with Gasteiger partial charge in [0.2, 0.25) is 0 Å². The number of benzene rings is 1. The van der Waals surface area contributed by atoms with E-state index in [0.29, 0.717) is 13.2 Å². The molecule has 1 heterocycles. The number of ether oxygens (including phenoxy) is 1. The maximum Gasteiger partial charge on any atom is 0.0959 e. The molecule has 2 aromatic rings. The Morgan fingerprint density at radius 2 is 2.18 bits per heavy atom. The zero-order valence-electron chi connectivity index (χ0n) is 12.9. The molecule has 2 saturated carbocycles. The number of fused-ring (bicyclic) bond motifs is 3. The summed E-state index contributed by atoms with van der Waals surface area (Å²) in [5.41, 5.74) is 2.03. The van der Waals surface area contributed by atoms with Crippen LogP contribution in [0.2, 0.25) is 0 Å². The molecule has 0 saturated heterocycles. The summed E-state index contributed by atoms with van der Waals surface area (Å²) < 4.78 is 7.81. The minimum Gasteiger partial charge on any atom is -0.389 e. The van der Waals surface area contributed by atoms with Gasteiger partial charge >= 0.3 is 0 Å². The number of hydrogen-bond acceptors (Lipinski definition) is 3. The van der Waals surface area contributed by atoms with Crippen molar-refractivity contribution in [3.05, 3.63) is 30.6 Å². The fourth-order valence-corrected chi connectivity index (χ4v) is 4.37. The Labute approximate surface area is 131 Å². The molecule has 118 valence electrons. The average Bonchev–Trinajstić information content (AvgIpc) is 3.23. The number of hydrogen-bond donors (Lipinski definition) is 1. The Morgan fingerprint density at radius 3 is 3.00 bits per heavy atom. The van der Waals surface area contributed by atoms with Gasteiger partial charge in [0.1, 0.15) is 0 Å². The van der Waals surface area contributed by atoms with Crippen molar-refractivity contribution in [2.45, 2.75) is 38.3 Å². The number of imidazole rings is 1. The highest BCUT2D eigenvalue weighted by Crippen LogP contribution is 2.48. The molecule has 4 nitrogen and oxygen atoms in total. The summed E-state index contributed by atoms with van der Waals surface area (Å²) in [5, 5.41) is 10.2. The zero-order valence-corrected chi connectivity index (χ0v) is 12.9. The quantitative estimate of drug-likeness (QED) is 0.892. The van der Waals surface area contributed by atoms with E-state index in [1.54, 1.807) is 6.33 Å². The second kappa shape index (κ2) is 6.01. The van der Waals surface area contributed by atoms with Gasteiger partial charge < -0.3 is 14.4 Å². The van der Waals surface area contributed by atoms with Crippen LogP contribution in [0, 0.1) is 17.8 Å². The van der Waals surface area contributed by atoms with Gasteiger partial charge in [-0.15, -0.1) is 0 Å². The van der Waals surface area contributed by atoms with Crippen LogP contribution in [-0.2, 0) is 11.3 Å². The van der Waals surface area contributed by atoms with Gasteiger partial charge in [0.15, 0.2) is 0 Å². The summed E-state index contributed by atoms with van der Waals surface area (Å²) in [6.07, 6.45) is 6.89. The van der Waals surface area contributed by atoms with Gasteiger partial charge in [0.05, 0.1) is 36.6 Å². The monoisotopic (exact) mass is 300 g/mol. The molecule has 0 aliphatic heterocycles. The van der Waals surface area contributed by atoms with Crippen molar-refractivity contribution in [3.8, 4) is 0 Å². The van der Waals surface area contributed by atoms with Gasteiger partial charge in [-0.3, -0.25) is 0 Å². The summed E-state index contributed by atoms with van der Waals surface area (Å²) in [5.74, 6) is 2.58. The Bertz CT molecular complexity index is 639. The summed E-state index contributed by atoms with van der Waals surface area (Å²) in [7, 11) is 0. The molecule has 4 heteroatoms. The molecule has 22 heavy (non-hydrogen) atoms. The van der Waals surface area contributed by atoms with E-state index in [2.05, 4.69) is 4.98 Å². The minimum atomic E-state index is -0.476. The lowest BCUT2D eigenvalue weighted by atomic mass is 9.90. The lowest BCUT2D eigenvalue weighted by Gasteiger charge is -2.22. The second-order valence-electron chi connectivity index (χ2n) is 7.01. The van der Waals surface area contributed by atoms with E-state index in [0.717, 1.165) is 35.4 Å². The molecular weight excluding hydrogens is 276 g/mol. The van der Waals surface area contributed by atoms with Crippen molar-refractivity contribution in [1.29, 1.82) is 0 Å². The van der Waals surface area contributed by atoms with Crippen molar-refractivity contribution in [2.24, 2.45) is 17.8 Å². The zero-order chi connectivity index (χ0) is 14.9. The van der Waals surface area contributed by atoms with E-state index in [-0.39, 0.29) is 0 Å². The first-order chi connectivity index (χ1) is 10.8. The van der Waals surface area contributed by atoms with Crippen molar-refractivity contribution in [1.82, 2.24) is 9.55 Å². The molecule has 1 N–H and O–H groups in total. The largest absolute Gasteiger partial charge is 0.389 e. The second-order valence-corrected chi connectivity index (χ2v) is 7.01. The highest BCUT2D eigenvalue weighted by atomic mass is 16.5. The maximum atomic E-state index is 10.2. The highest BCUT2D eigenvalue weighted by molar-refractivity contribution is 5.74. The van der Waals surface area contributed by atoms with Crippen molar-refractivity contribution >= 4 is 11.0 Å². The van der Waals surface area contributed by atoms with Crippen LogP contribution >= 0.6 is 0 Å². The first-order valence-electron chi connectivity index (χ1n) is 8.45. The summed E-state index contributed by atoms with van der Waals surface area (Å²) in [6, 6.07) is 8.00. The third kappa shape index (κ3) is 2.77. The fourth-order valence-electron chi connectivity index (χ4n) is 4.37. The third-order valence-electron chi connectivity index (χ3n) is 5.46. The molecule has 0 unspecified atom stereocenters. The normalized spacial score (nSPS) is 28.5. The molecule has 2 aliphatic carbocycles. The van der Waals surface area contributed by atoms with Crippen LogP contribution in [0.15, 0.2) is 30.6 Å². The Morgan fingerprint density at radius 1 is 1.27 bits per heavy atom. The predicted octanol–water partition coefficient (Wildman–Crippen LogP) is 2.85. The molecule has 2 fully saturated rings. The van der Waals surface area contributed by atoms with E-state index < -0.39 is 6.10 Å². The molecule has 4 atom stereocenters. The minimum absolute atomic E-state index is 0.417. The van der Waals surface area contributed by atoms with E-state index in [1.807, 2.05) is 28.8 Å². The highest BCUT2D eigenvalue weighted by Gasteiger charge is 2.39. The van der Waals surface area contributed by atoms with E-state index in [1.165, 1.54) is 25.7 Å². The smallest absolute Gasteiger partial charge is 0.0959 e. The van der Waals surface area contributed by atoms with Gasteiger partial charge in [-0.05, 0) is 49.1 Å². The standard InChI is InChI=1S/C18H24N2O2/c21-16(9-20-12-19-17-3-1-2-4-18(17)20)11-22-10-15-8-13-5-6-14(15)7-13/h1-4,12-16,21H,5-11H2/t13-,14-,15+,16-/m1/s1. The average molecular weight is 300 g/mol. The molecule has 0 radical (unpaired) electrons. The SMILES string of the molecule is O[C@@H](COC[C@@H]1C[C@@H]2CC[C@@H]1C2)Cn1cnc2ccccc21. The van der Waals surface area contributed by atoms with Crippen LogP contribution in [-0.4, -0.2) is 34.0 Å². The summed E-state index contributed by atoms with van der Waals surface area (Å²) in [6.45, 7) is 1.78. The van der Waals surface area contributed by atoms with Gasteiger partial charge in [0, 0.05) is 6.61 Å². The maximum absolute atomic E-state index is 10.2. The van der Waals surface area contributed by atoms with E-state index >= 15 is 0 Å². The van der Waals surface area contributed by atoms with Crippen LogP contribution in [0.4, 0.5) is 0 Å². The Hall–Kier alpha value is -1.39. The lowest BCUT2D eigenvalue weighted by Crippen LogP contribution is -2.24. The first kappa shape index (κ1) is 14.2.